The lowest BCUT2D eigenvalue weighted by atomic mass is 10.1. The molecule has 0 spiro atoms. The van der Waals surface area contributed by atoms with Crippen molar-refractivity contribution in [3.63, 3.8) is 0 Å². The third-order valence-electron chi connectivity index (χ3n) is 2.64. The Morgan fingerprint density at radius 3 is 2.43 bits per heavy atom. The molecule has 0 aliphatic heterocycles. The Morgan fingerprint density at radius 2 is 1.95 bits per heavy atom. The van der Waals surface area contributed by atoms with Crippen molar-refractivity contribution < 1.29 is 24.1 Å². The monoisotopic (exact) mass is 333 g/mol. The summed E-state index contributed by atoms with van der Waals surface area (Å²) in [6.45, 7) is 1.05. The molecule has 1 atom stereocenters. The molecule has 0 bridgehead atoms. The van der Waals surface area contributed by atoms with Gasteiger partial charge in [0.05, 0.1) is 19.8 Å². The van der Waals surface area contributed by atoms with Crippen LogP contribution in [0.2, 0.25) is 0 Å². The van der Waals surface area contributed by atoms with Gasteiger partial charge in [0.25, 0.3) is 0 Å². The van der Waals surface area contributed by atoms with Gasteiger partial charge in [-0.15, -0.1) is 11.4 Å². The predicted octanol–water partition coefficient (Wildman–Crippen LogP) is 1.78. The number of benzene rings is 1. The van der Waals surface area contributed by atoms with Gasteiger partial charge in [0.15, 0.2) is 6.61 Å². The maximum absolute atomic E-state index is 10.6. The zero-order valence-electron chi connectivity index (χ0n) is 12.0. The van der Waals surface area contributed by atoms with Gasteiger partial charge in [-0.1, -0.05) is 8.44 Å². The zero-order valence-corrected chi connectivity index (χ0v) is 14.0. The molecule has 8 heteroatoms. The van der Waals surface area contributed by atoms with Crippen LogP contribution in [0.3, 0.4) is 0 Å². The van der Waals surface area contributed by atoms with Gasteiger partial charge in [0, 0.05) is 31.0 Å². The quantitative estimate of drug-likeness (QED) is 0.499. The summed E-state index contributed by atoms with van der Waals surface area (Å²) in [4.78, 5) is 10.6. The number of carboxylic acids is 1. The second kappa shape index (κ2) is 9.71. The van der Waals surface area contributed by atoms with Gasteiger partial charge in [-0.2, -0.15) is 0 Å². The molecule has 0 saturated heterocycles. The van der Waals surface area contributed by atoms with Crippen molar-refractivity contribution in [2.45, 2.75) is 6.54 Å². The molecule has 0 saturated carbocycles. The summed E-state index contributed by atoms with van der Waals surface area (Å²) in [5.74, 6) is 1.54. The lowest BCUT2D eigenvalue weighted by molar-refractivity contribution is -0.139. The molecular formula is C13H20NO5PS. The minimum atomic E-state index is -1.03. The summed E-state index contributed by atoms with van der Waals surface area (Å²) < 4.78 is 15.8. The fraction of sp³-hybridized carbons (Fsp3) is 0.462. The molecule has 0 aliphatic carbocycles. The molecule has 2 N–H and O–H groups in total. The first-order chi connectivity index (χ1) is 10.1. The molecule has 21 heavy (non-hydrogen) atoms. The van der Waals surface area contributed by atoms with Gasteiger partial charge >= 0.3 is 5.97 Å². The number of aliphatic carboxylic acids is 1. The molecule has 0 heterocycles. The molecule has 1 unspecified atom stereocenters. The SMILES string of the molecule is COc1cc(OCC(=O)O)cc(OC)c1CNCCSP. The van der Waals surface area contributed by atoms with Crippen molar-refractivity contribution in [1.82, 2.24) is 5.32 Å². The molecule has 0 radical (unpaired) electrons. The Balaban J connectivity index is 2.87. The van der Waals surface area contributed by atoms with Crippen LogP contribution in [0.1, 0.15) is 5.56 Å². The van der Waals surface area contributed by atoms with Crippen molar-refractivity contribution >= 4 is 25.8 Å². The topological polar surface area (TPSA) is 77.0 Å². The van der Waals surface area contributed by atoms with Crippen LogP contribution >= 0.6 is 19.8 Å². The van der Waals surface area contributed by atoms with Crippen LogP contribution in [0.5, 0.6) is 17.2 Å². The fourth-order valence-corrected chi connectivity index (χ4v) is 2.32. The Bertz CT molecular complexity index is 447. The molecule has 0 amide bonds. The molecule has 1 rings (SSSR count). The number of carboxylic acid groups (broad SMARTS) is 1. The molecule has 1 aromatic rings. The van der Waals surface area contributed by atoms with E-state index in [1.807, 2.05) is 0 Å². The van der Waals surface area contributed by atoms with E-state index in [1.165, 1.54) is 0 Å². The van der Waals surface area contributed by atoms with E-state index in [0.29, 0.717) is 23.8 Å². The Kier molecular flexibility index (Phi) is 8.27. The summed E-state index contributed by atoms with van der Waals surface area (Å²) in [6.07, 6.45) is 0. The van der Waals surface area contributed by atoms with Crippen LogP contribution in [-0.2, 0) is 11.3 Å². The third kappa shape index (κ3) is 5.99. The third-order valence-corrected chi connectivity index (χ3v) is 3.79. The number of hydrogen-bond acceptors (Lipinski definition) is 6. The maximum atomic E-state index is 10.6. The van der Waals surface area contributed by atoms with Gasteiger partial charge in [-0.3, -0.25) is 0 Å². The zero-order chi connectivity index (χ0) is 15.7. The van der Waals surface area contributed by atoms with E-state index in [9.17, 15) is 4.79 Å². The van der Waals surface area contributed by atoms with Crippen LogP contribution in [-0.4, -0.2) is 44.2 Å². The molecule has 1 aromatic carbocycles. The number of carbonyl (C=O) groups is 1. The minimum Gasteiger partial charge on any atom is -0.496 e. The Hall–Kier alpha value is -1.17. The molecule has 0 fully saturated rings. The van der Waals surface area contributed by atoms with Crippen molar-refractivity contribution in [3.05, 3.63) is 17.7 Å². The number of rotatable bonds is 10. The predicted molar refractivity (Wildman–Crippen MR) is 86.6 cm³/mol. The van der Waals surface area contributed by atoms with E-state index in [0.717, 1.165) is 17.9 Å². The fourth-order valence-electron chi connectivity index (χ4n) is 1.71. The van der Waals surface area contributed by atoms with Gasteiger partial charge in [-0.25, -0.2) is 4.79 Å². The number of nitrogens with one attached hydrogen (secondary N) is 1. The van der Waals surface area contributed by atoms with E-state index in [2.05, 4.69) is 13.8 Å². The molecular weight excluding hydrogens is 313 g/mol. The van der Waals surface area contributed by atoms with Gasteiger partial charge in [-0.05, 0) is 0 Å². The molecule has 0 aromatic heterocycles. The lowest BCUT2D eigenvalue weighted by Crippen LogP contribution is -2.17. The number of hydrogen-bond donors (Lipinski definition) is 2. The Labute approximate surface area is 130 Å². The summed E-state index contributed by atoms with van der Waals surface area (Å²) >= 11 is 1.68. The van der Waals surface area contributed by atoms with E-state index in [-0.39, 0.29) is 0 Å². The average molecular weight is 333 g/mol. The van der Waals surface area contributed by atoms with Crippen LogP contribution in [0.15, 0.2) is 12.1 Å². The highest BCUT2D eigenvalue weighted by atomic mass is 32.7. The van der Waals surface area contributed by atoms with Crippen molar-refractivity contribution in [2.24, 2.45) is 0 Å². The van der Waals surface area contributed by atoms with Crippen molar-refractivity contribution in [1.29, 1.82) is 0 Å². The van der Waals surface area contributed by atoms with Gasteiger partial charge in [0.2, 0.25) is 0 Å². The molecule has 6 nitrogen and oxygen atoms in total. The van der Waals surface area contributed by atoms with E-state index < -0.39 is 12.6 Å². The highest BCUT2D eigenvalue weighted by Gasteiger charge is 2.13. The second-order valence-electron chi connectivity index (χ2n) is 4.04. The lowest BCUT2D eigenvalue weighted by Gasteiger charge is -2.16. The second-order valence-corrected chi connectivity index (χ2v) is 5.78. The standard InChI is InChI=1S/C13H20NO5PS/c1-17-11-5-9(19-8-13(15)16)6-12(18-2)10(11)7-14-3-4-21-20/h5-6,14H,3-4,7-8,20H2,1-2H3,(H,15,16). The average Bonchev–Trinajstić information content (AvgIpc) is 2.49. The minimum absolute atomic E-state index is 0.398. The first kappa shape index (κ1) is 17.9. The highest BCUT2D eigenvalue weighted by Crippen LogP contribution is 2.34. The van der Waals surface area contributed by atoms with Crippen LogP contribution in [0.25, 0.3) is 0 Å². The first-order valence-corrected chi connectivity index (χ1v) is 8.70. The van der Waals surface area contributed by atoms with Crippen LogP contribution < -0.4 is 19.5 Å². The molecule has 118 valence electrons. The summed E-state index contributed by atoms with van der Waals surface area (Å²) in [5.41, 5.74) is 0.872. The number of ether oxygens (including phenoxy) is 3. The van der Waals surface area contributed by atoms with Gasteiger partial charge in [0.1, 0.15) is 17.2 Å². The smallest absolute Gasteiger partial charge is 0.341 e. The van der Waals surface area contributed by atoms with E-state index in [1.54, 1.807) is 37.7 Å². The highest BCUT2D eigenvalue weighted by molar-refractivity contribution is 8.43. The first-order valence-electron chi connectivity index (χ1n) is 6.24. The summed E-state index contributed by atoms with van der Waals surface area (Å²) in [6, 6.07) is 3.32. The molecule has 0 aliphatic rings. The van der Waals surface area contributed by atoms with Crippen LogP contribution in [0.4, 0.5) is 0 Å². The summed E-state index contributed by atoms with van der Waals surface area (Å²) in [5, 5.41) is 11.9. The Morgan fingerprint density at radius 1 is 1.33 bits per heavy atom. The van der Waals surface area contributed by atoms with Crippen LogP contribution in [0, 0.1) is 0 Å². The number of methoxy groups -OCH3 is 2. The van der Waals surface area contributed by atoms with E-state index >= 15 is 0 Å². The van der Waals surface area contributed by atoms with E-state index in [4.69, 9.17) is 19.3 Å². The maximum Gasteiger partial charge on any atom is 0.341 e. The largest absolute Gasteiger partial charge is 0.496 e. The normalized spacial score (nSPS) is 10.2. The van der Waals surface area contributed by atoms with Gasteiger partial charge < -0.3 is 24.6 Å². The summed E-state index contributed by atoms with van der Waals surface area (Å²) in [7, 11) is 5.71. The van der Waals surface area contributed by atoms with Crippen molar-refractivity contribution in [3.8, 4) is 17.2 Å². The van der Waals surface area contributed by atoms with Crippen molar-refractivity contribution in [2.75, 3.05) is 33.1 Å².